The number of hydrogen-bond donors (Lipinski definition) is 4. The van der Waals surface area contributed by atoms with Crippen LogP contribution in [0.1, 0.15) is 49.7 Å². The van der Waals surface area contributed by atoms with Gasteiger partial charge in [0, 0.05) is 0 Å². The summed E-state index contributed by atoms with van der Waals surface area (Å²) in [7, 11) is 1.30. The Kier molecular flexibility index (Phi) is 9.68. The highest BCUT2D eigenvalue weighted by Gasteiger charge is 2.40. The quantitative estimate of drug-likeness (QED) is 0.483. The minimum Gasteiger partial charge on any atom is -0.508 e. The fourth-order valence-corrected chi connectivity index (χ4v) is 4.14. The summed E-state index contributed by atoms with van der Waals surface area (Å²) in [5.41, 5.74) is 5.97. The Hall–Kier alpha value is -2.90. The highest BCUT2D eigenvalue weighted by Crippen LogP contribution is 2.41. The van der Waals surface area contributed by atoms with E-state index in [4.69, 9.17) is 15.9 Å². The summed E-state index contributed by atoms with van der Waals surface area (Å²) in [6.45, 7) is 0. The Balaban J connectivity index is 0.000000235. The molecule has 174 valence electrons. The molecule has 2 aromatic carbocycles. The number of benzene rings is 2. The molecule has 1 unspecified atom stereocenters. The molecule has 0 radical (unpaired) electrons. The number of carbonyl (C=O) groups excluding carboxylic acids is 1. The summed E-state index contributed by atoms with van der Waals surface area (Å²) in [5, 5.41) is 29.0. The maximum Gasteiger partial charge on any atom is 0.322 e. The molecule has 1 saturated carbocycles. The van der Waals surface area contributed by atoms with E-state index in [0.717, 1.165) is 36.8 Å². The summed E-state index contributed by atoms with van der Waals surface area (Å²) in [6, 6.07) is 15.1. The van der Waals surface area contributed by atoms with Crippen LogP contribution in [0.5, 0.6) is 5.75 Å². The van der Waals surface area contributed by atoms with Gasteiger partial charge in [0.2, 0.25) is 0 Å². The Morgan fingerprint density at radius 2 is 1.66 bits per heavy atom. The summed E-state index contributed by atoms with van der Waals surface area (Å²) >= 11 is 0. The number of carboxylic acid groups (broad SMARTS) is 1. The topological polar surface area (TPSA) is 130 Å². The van der Waals surface area contributed by atoms with E-state index in [9.17, 15) is 14.7 Å². The number of methoxy groups -OCH3 is 1. The summed E-state index contributed by atoms with van der Waals surface area (Å²) in [4.78, 5) is 22.1. The molecule has 0 spiro atoms. The van der Waals surface area contributed by atoms with Crippen molar-refractivity contribution in [2.24, 2.45) is 11.7 Å². The Labute approximate surface area is 188 Å². The number of esters is 1. The molecule has 3 rings (SSSR count). The fraction of sp³-hybridized carbons (Fsp3) is 0.440. The zero-order valence-electron chi connectivity index (χ0n) is 18.4. The number of rotatable bonds is 7. The van der Waals surface area contributed by atoms with E-state index in [2.05, 4.69) is 4.74 Å². The Bertz CT molecular complexity index is 848. The molecule has 5 N–H and O–H groups in total. The van der Waals surface area contributed by atoms with Crippen molar-refractivity contribution in [3.63, 3.8) is 0 Å². The normalized spacial score (nSPS) is 16.7. The number of nitrogens with two attached hydrogens (primary N) is 1. The molecular formula is C25H33NO6. The zero-order valence-corrected chi connectivity index (χ0v) is 18.4. The molecule has 0 amide bonds. The molecule has 2 aromatic rings. The van der Waals surface area contributed by atoms with E-state index in [-0.39, 0.29) is 18.1 Å². The number of carbonyl (C=O) groups is 2. The average Bonchev–Trinajstić information content (AvgIpc) is 2.81. The van der Waals surface area contributed by atoms with Crippen LogP contribution in [0, 0.1) is 5.92 Å². The van der Waals surface area contributed by atoms with Crippen LogP contribution in [-0.4, -0.2) is 40.4 Å². The third kappa shape index (κ3) is 7.35. The number of phenols is 1. The molecule has 0 aliphatic heterocycles. The average molecular weight is 444 g/mol. The van der Waals surface area contributed by atoms with Gasteiger partial charge in [-0.05, 0) is 48.4 Å². The minimum atomic E-state index is -1.21. The first-order chi connectivity index (χ1) is 15.3. The number of carboxylic acids is 1. The van der Waals surface area contributed by atoms with E-state index < -0.39 is 23.6 Å². The molecule has 32 heavy (non-hydrogen) atoms. The number of aliphatic carboxylic acids is 1. The van der Waals surface area contributed by atoms with Gasteiger partial charge in [-0.15, -0.1) is 0 Å². The number of phenolic OH excluding ortho intramolecular Hbond substituents is 1. The highest BCUT2D eigenvalue weighted by atomic mass is 16.5. The second-order valence-electron chi connectivity index (χ2n) is 8.20. The van der Waals surface area contributed by atoms with E-state index >= 15 is 0 Å². The van der Waals surface area contributed by atoms with Crippen molar-refractivity contribution in [2.75, 3.05) is 7.11 Å². The standard InChI is InChI=1S/C15H20O3.C10H13NO3/c16-14(17)11-15(18,12-7-3-1-4-8-12)13-9-5-2-6-10-13;1-14-10(13)9(11)6-7-2-4-8(12)5-3-7/h1,3-4,7-8,13,18H,2,5-6,9-11H2,(H,16,17);2-5,9,12H,6,11H2,1H3/t;9-/m.0/s1. The molecule has 7 heteroatoms. The third-order valence-electron chi connectivity index (χ3n) is 5.87. The van der Waals surface area contributed by atoms with Gasteiger partial charge in [-0.25, -0.2) is 0 Å². The van der Waals surface area contributed by atoms with Crippen LogP contribution >= 0.6 is 0 Å². The maximum atomic E-state index is 11.1. The van der Waals surface area contributed by atoms with Crippen LogP contribution in [0.3, 0.4) is 0 Å². The molecule has 0 heterocycles. The largest absolute Gasteiger partial charge is 0.508 e. The lowest BCUT2D eigenvalue weighted by Gasteiger charge is -2.38. The van der Waals surface area contributed by atoms with Gasteiger partial charge in [-0.1, -0.05) is 61.7 Å². The molecular weight excluding hydrogens is 410 g/mol. The van der Waals surface area contributed by atoms with Gasteiger partial charge in [0.15, 0.2) is 0 Å². The predicted molar refractivity (Wildman–Crippen MR) is 121 cm³/mol. The molecule has 7 nitrogen and oxygen atoms in total. The lowest BCUT2D eigenvalue weighted by Crippen LogP contribution is -2.38. The Morgan fingerprint density at radius 3 is 2.19 bits per heavy atom. The smallest absolute Gasteiger partial charge is 0.322 e. The Morgan fingerprint density at radius 1 is 1.06 bits per heavy atom. The van der Waals surface area contributed by atoms with Crippen LogP contribution in [0.15, 0.2) is 54.6 Å². The monoisotopic (exact) mass is 443 g/mol. The van der Waals surface area contributed by atoms with Crippen molar-refractivity contribution >= 4 is 11.9 Å². The zero-order chi connectivity index (χ0) is 23.6. The molecule has 1 aliphatic rings. The second kappa shape index (κ2) is 12.2. The van der Waals surface area contributed by atoms with E-state index in [1.54, 1.807) is 24.3 Å². The summed E-state index contributed by atoms with van der Waals surface area (Å²) < 4.78 is 4.49. The van der Waals surface area contributed by atoms with Gasteiger partial charge in [0.05, 0.1) is 13.5 Å². The highest BCUT2D eigenvalue weighted by molar-refractivity contribution is 5.75. The molecule has 0 bridgehead atoms. The van der Waals surface area contributed by atoms with Crippen molar-refractivity contribution < 1.29 is 29.6 Å². The molecule has 1 fully saturated rings. The lowest BCUT2D eigenvalue weighted by molar-refractivity contribution is -0.147. The van der Waals surface area contributed by atoms with Crippen LogP contribution in [-0.2, 0) is 26.3 Å². The van der Waals surface area contributed by atoms with E-state index in [0.29, 0.717) is 6.42 Å². The van der Waals surface area contributed by atoms with Crippen molar-refractivity contribution in [3.8, 4) is 5.75 Å². The SMILES string of the molecule is COC(=O)[C@@H](N)Cc1ccc(O)cc1.O=C(O)CC(O)(c1ccccc1)C1CCCCC1. The minimum absolute atomic E-state index is 0.0600. The first-order valence-electron chi connectivity index (χ1n) is 10.9. The first-order valence-corrected chi connectivity index (χ1v) is 10.9. The maximum absolute atomic E-state index is 11.1. The van der Waals surface area contributed by atoms with E-state index in [1.807, 2.05) is 30.3 Å². The van der Waals surface area contributed by atoms with Crippen molar-refractivity contribution in [1.29, 1.82) is 0 Å². The van der Waals surface area contributed by atoms with Gasteiger partial charge >= 0.3 is 11.9 Å². The van der Waals surface area contributed by atoms with Crippen molar-refractivity contribution in [2.45, 2.75) is 56.6 Å². The molecule has 1 aliphatic carbocycles. The number of hydrogen-bond acceptors (Lipinski definition) is 6. The molecule has 0 aromatic heterocycles. The van der Waals surface area contributed by atoms with Gasteiger partial charge in [-0.3, -0.25) is 9.59 Å². The van der Waals surface area contributed by atoms with E-state index in [1.165, 1.54) is 13.5 Å². The van der Waals surface area contributed by atoms with Crippen LogP contribution in [0.4, 0.5) is 0 Å². The van der Waals surface area contributed by atoms with Gasteiger partial charge in [0.25, 0.3) is 0 Å². The molecule has 2 atom stereocenters. The van der Waals surface area contributed by atoms with Gasteiger partial charge < -0.3 is 25.8 Å². The van der Waals surface area contributed by atoms with Gasteiger partial charge in [0.1, 0.15) is 17.4 Å². The van der Waals surface area contributed by atoms with Crippen LogP contribution in [0.2, 0.25) is 0 Å². The summed E-state index contributed by atoms with van der Waals surface area (Å²) in [5.74, 6) is -1.12. The number of aromatic hydroxyl groups is 1. The van der Waals surface area contributed by atoms with Crippen LogP contribution < -0.4 is 5.73 Å². The third-order valence-corrected chi connectivity index (χ3v) is 5.87. The van der Waals surface area contributed by atoms with Crippen LogP contribution in [0.25, 0.3) is 0 Å². The predicted octanol–water partition coefficient (Wildman–Crippen LogP) is 3.36. The van der Waals surface area contributed by atoms with Crippen molar-refractivity contribution in [3.05, 3.63) is 65.7 Å². The summed E-state index contributed by atoms with van der Waals surface area (Å²) in [6.07, 6.45) is 5.39. The number of ether oxygens (including phenoxy) is 1. The number of aliphatic hydroxyl groups is 1. The first kappa shape index (κ1) is 25.4. The van der Waals surface area contributed by atoms with Crippen molar-refractivity contribution in [1.82, 2.24) is 0 Å². The molecule has 0 saturated heterocycles. The van der Waals surface area contributed by atoms with Gasteiger partial charge in [-0.2, -0.15) is 0 Å². The lowest BCUT2D eigenvalue weighted by atomic mass is 9.72. The second-order valence-corrected chi connectivity index (χ2v) is 8.20. The fourth-order valence-electron chi connectivity index (χ4n) is 4.14.